The first kappa shape index (κ1) is 10.8. The Hall–Kier alpha value is -1.27. The number of Topliss-reactive ketones (excluding diaryl/α,β-unsaturated/α-hetero) is 1. The molecule has 1 N–H and O–H groups in total. The summed E-state index contributed by atoms with van der Waals surface area (Å²) in [5.41, 5.74) is 2.92. The average Bonchev–Trinajstić information content (AvgIpc) is 2.46. The SMILES string of the molecule is C=C(F)C(=O)c1sc(NOC)nc1C. The van der Waals surface area contributed by atoms with Gasteiger partial charge >= 0.3 is 0 Å². The summed E-state index contributed by atoms with van der Waals surface area (Å²) in [4.78, 5) is 20.0. The van der Waals surface area contributed by atoms with Gasteiger partial charge in [-0.25, -0.2) is 14.9 Å². The molecule has 0 saturated carbocycles. The van der Waals surface area contributed by atoms with Gasteiger partial charge in [-0.3, -0.25) is 9.63 Å². The number of aromatic nitrogens is 1. The zero-order valence-corrected chi connectivity index (χ0v) is 8.57. The van der Waals surface area contributed by atoms with Crippen LogP contribution in [0.25, 0.3) is 0 Å². The van der Waals surface area contributed by atoms with E-state index in [2.05, 4.69) is 21.9 Å². The van der Waals surface area contributed by atoms with Crippen molar-refractivity contribution in [3.63, 3.8) is 0 Å². The lowest BCUT2D eigenvalue weighted by Crippen LogP contribution is -1.97. The molecular weight excluding hydrogens is 207 g/mol. The van der Waals surface area contributed by atoms with Gasteiger partial charge in [0.05, 0.1) is 12.8 Å². The maximum Gasteiger partial charge on any atom is 0.232 e. The summed E-state index contributed by atoms with van der Waals surface area (Å²) in [6.45, 7) is 4.56. The number of ketones is 1. The minimum atomic E-state index is -0.985. The van der Waals surface area contributed by atoms with Gasteiger partial charge in [0.25, 0.3) is 0 Å². The molecule has 0 unspecified atom stereocenters. The van der Waals surface area contributed by atoms with E-state index in [1.54, 1.807) is 6.92 Å². The molecular formula is C8H9FN2O2S. The Morgan fingerprint density at radius 3 is 2.86 bits per heavy atom. The van der Waals surface area contributed by atoms with Crippen LogP contribution in [0.5, 0.6) is 0 Å². The molecule has 0 aliphatic carbocycles. The van der Waals surface area contributed by atoms with E-state index in [0.29, 0.717) is 10.8 Å². The molecule has 0 radical (unpaired) electrons. The van der Waals surface area contributed by atoms with Crippen molar-refractivity contribution >= 4 is 22.3 Å². The molecule has 0 amide bonds. The van der Waals surface area contributed by atoms with Crippen LogP contribution in [-0.4, -0.2) is 17.9 Å². The van der Waals surface area contributed by atoms with Gasteiger partial charge in [-0.1, -0.05) is 17.9 Å². The first-order valence-electron chi connectivity index (χ1n) is 3.71. The third-order valence-electron chi connectivity index (χ3n) is 1.44. The Balaban J connectivity index is 2.98. The van der Waals surface area contributed by atoms with Crippen LogP contribution in [0, 0.1) is 6.92 Å². The molecule has 1 heterocycles. The summed E-state index contributed by atoms with van der Waals surface area (Å²) in [5.74, 6) is -1.72. The molecule has 0 atom stereocenters. The molecule has 0 aliphatic rings. The number of allylic oxidation sites excluding steroid dienone is 1. The highest BCUT2D eigenvalue weighted by molar-refractivity contribution is 7.17. The molecule has 1 rings (SSSR count). The van der Waals surface area contributed by atoms with Crippen molar-refractivity contribution in [2.45, 2.75) is 6.92 Å². The van der Waals surface area contributed by atoms with Crippen LogP contribution in [0.3, 0.4) is 0 Å². The zero-order chi connectivity index (χ0) is 10.7. The van der Waals surface area contributed by atoms with Gasteiger partial charge in [-0.15, -0.1) is 0 Å². The highest BCUT2D eigenvalue weighted by Crippen LogP contribution is 2.24. The highest BCUT2D eigenvalue weighted by atomic mass is 32.1. The minimum absolute atomic E-state index is 0.233. The molecule has 6 heteroatoms. The smallest absolute Gasteiger partial charge is 0.232 e. The number of halogens is 1. The lowest BCUT2D eigenvalue weighted by molar-refractivity contribution is 0.101. The second kappa shape index (κ2) is 4.30. The van der Waals surface area contributed by atoms with Crippen molar-refractivity contribution in [3.8, 4) is 0 Å². The summed E-state index contributed by atoms with van der Waals surface area (Å²) >= 11 is 1.02. The predicted octanol–water partition coefficient (Wildman–Crippen LogP) is 2.09. The van der Waals surface area contributed by atoms with Crippen molar-refractivity contribution in [3.05, 3.63) is 23.0 Å². The van der Waals surface area contributed by atoms with Crippen molar-refractivity contribution in [2.24, 2.45) is 0 Å². The van der Waals surface area contributed by atoms with E-state index in [1.807, 2.05) is 0 Å². The van der Waals surface area contributed by atoms with Crippen molar-refractivity contribution in [1.29, 1.82) is 0 Å². The van der Waals surface area contributed by atoms with Gasteiger partial charge in [-0.05, 0) is 6.92 Å². The minimum Gasteiger partial charge on any atom is -0.285 e. The van der Waals surface area contributed by atoms with Gasteiger partial charge < -0.3 is 0 Å². The molecule has 1 aromatic rings. The number of nitrogens with zero attached hydrogens (tertiary/aromatic N) is 1. The number of rotatable bonds is 4. The number of nitrogens with one attached hydrogen (secondary N) is 1. The van der Waals surface area contributed by atoms with Crippen LogP contribution in [-0.2, 0) is 4.84 Å². The molecule has 0 fully saturated rings. The third kappa shape index (κ3) is 2.15. The van der Waals surface area contributed by atoms with E-state index in [-0.39, 0.29) is 4.88 Å². The van der Waals surface area contributed by atoms with Crippen LogP contribution in [0.4, 0.5) is 9.52 Å². The second-order valence-electron chi connectivity index (χ2n) is 2.47. The van der Waals surface area contributed by atoms with Gasteiger partial charge in [0.2, 0.25) is 10.9 Å². The third-order valence-corrected chi connectivity index (χ3v) is 2.49. The fraction of sp³-hybridized carbons (Fsp3) is 0.250. The summed E-state index contributed by atoms with van der Waals surface area (Å²) in [5, 5.41) is 0.412. The Kier molecular flexibility index (Phi) is 3.32. The number of thiazole rings is 1. The zero-order valence-electron chi connectivity index (χ0n) is 7.76. The van der Waals surface area contributed by atoms with Gasteiger partial charge in [0, 0.05) is 0 Å². The normalized spacial score (nSPS) is 9.93. The van der Waals surface area contributed by atoms with Gasteiger partial charge in [0.15, 0.2) is 5.83 Å². The largest absolute Gasteiger partial charge is 0.285 e. The second-order valence-corrected chi connectivity index (χ2v) is 3.47. The molecule has 0 aromatic carbocycles. The number of aryl methyl sites for hydroxylation is 1. The summed E-state index contributed by atoms with van der Waals surface area (Å²) < 4.78 is 12.5. The maximum absolute atomic E-state index is 12.5. The Morgan fingerprint density at radius 1 is 1.71 bits per heavy atom. The fourth-order valence-electron chi connectivity index (χ4n) is 0.861. The Bertz CT molecular complexity index is 375. The molecule has 1 aromatic heterocycles. The van der Waals surface area contributed by atoms with E-state index in [9.17, 15) is 9.18 Å². The monoisotopic (exact) mass is 216 g/mol. The molecule has 0 aliphatic heterocycles. The van der Waals surface area contributed by atoms with Crippen molar-refractivity contribution < 1.29 is 14.0 Å². The molecule has 76 valence electrons. The lowest BCUT2D eigenvalue weighted by atomic mass is 10.3. The standard InChI is InChI=1S/C8H9FN2O2S/c1-4(9)6(12)7-5(2)10-8(14-7)11-13-3/h1H2,2-3H3,(H,10,11). The van der Waals surface area contributed by atoms with Crippen LogP contribution in [0.1, 0.15) is 15.4 Å². The predicted molar refractivity (Wildman–Crippen MR) is 52.1 cm³/mol. The topological polar surface area (TPSA) is 51.2 Å². The van der Waals surface area contributed by atoms with E-state index in [0.717, 1.165) is 11.3 Å². The number of anilines is 1. The van der Waals surface area contributed by atoms with E-state index in [1.165, 1.54) is 7.11 Å². The molecule has 0 spiro atoms. The molecule has 4 nitrogen and oxygen atoms in total. The highest BCUT2D eigenvalue weighted by Gasteiger charge is 2.17. The van der Waals surface area contributed by atoms with Crippen LogP contribution < -0.4 is 5.48 Å². The van der Waals surface area contributed by atoms with Crippen LogP contribution >= 0.6 is 11.3 Å². The quantitative estimate of drug-likeness (QED) is 0.475. The van der Waals surface area contributed by atoms with Gasteiger partial charge in [-0.2, -0.15) is 0 Å². The van der Waals surface area contributed by atoms with Gasteiger partial charge in [0.1, 0.15) is 4.88 Å². The van der Waals surface area contributed by atoms with E-state index < -0.39 is 11.6 Å². The van der Waals surface area contributed by atoms with E-state index >= 15 is 0 Å². The number of carbonyl (C=O) groups is 1. The van der Waals surface area contributed by atoms with Crippen LogP contribution in [0.15, 0.2) is 12.4 Å². The first-order valence-corrected chi connectivity index (χ1v) is 4.53. The van der Waals surface area contributed by atoms with Crippen molar-refractivity contribution in [1.82, 2.24) is 4.98 Å². The average molecular weight is 216 g/mol. The Labute approximate surface area is 84.4 Å². The number of carbonyl (C=O) groups excluding carboxylic acids is 1. The summed E-state index contributed by atoms with van der Waals surface area (Å²) in [6, 6.07) is 0. The maximum atomic E-state index is 12.5. The number of hydrogen-bond acceptors (Lipinski definition) is 5. The summed E-state index contributed by atoms with van der Waals surface area (Å²) in [7, 11) is 1.42. The van der Waals surface area contributed by atoms with E-state index in [4.69, 9.17) is 0 Å². The fourth-order valence-corrected chi connectivity index (χ4v) is 1.76. The summed E-state index contributed by atoms with van der Waals surface area (Å²) in [6.07, 6.45) is 0. The van der Waals surface area contributed by atoms with Crippen molar-refractivity contribution in [2.75, 3.05) is 12.6 Å². The first-order chi connectivity index (χ1) is 6.56. The molecule has 0 saturated heterocycles. The number of hydrogen-bond donors (Lipinski definition) is 1. The Morgan fingerprint density at radius 2 is 2.36 bits per heavy atom. The van der Waals surface area contributed by atoms with Crippen LogP contribution in [0.2, 0.25) is 0 Å². The molecule has 14 heavy (non-hydrogen) atoms. The molecule has 0 bridgehead atoms. The lowest BCUT2D eigenvalue weighted by Gasteiger charge is -1.93.